The third-order valence-electron chi connectivity index (χ3n) is 3.07. The summed E-state index contributed by atoms with van der Waals surface area (Å²) < 4.78 is 6.61. The Labute approximate surface area is 115 Å². The molecule has 5 heteroatoms. The fourth-order valence-electron chi connectivity index (χ4n) is 2.01. The largest absolute Gasteiger partial charge is 0.480 e. The molecule has 0 bridgehead atoms. The van der Waals surface area contributed by atoms with Gasteiger partial charge in [0.25, 0.3) is 5.91 Å². The number of likely N-dealkylation sites (tertiary alicyclic amines) is 1. The highest BCUT2D eigenvalue weighted by Gasteiger charge is 2.31. The summed E-state index contributed by atoms with van der Waals surface area (Å²) in [6.07, 6.45) is -0.384. The van der Waals surface area contributed by atoms with E-state index in [1.54, 1.807) is 31.0 Å². The second kappa shape index (κ2) is 5.28. The van der Waals surface area contributed by atoms with Gasteiger partial charge in [-0.1, -0.05) is 22.0 Å². The van der Waals surface area contributed by atoms with E-state index in [0.29, 0.717) is 24.3 Å². The summed E-state index contributed by atoms with van der Waals surface area (Å²) in [6, 6.07) is 5.43. The van der Waals surface area contributed by atoms with E-state index in [2.05, 4.69) is 15.9 Å². The molecular weight excluding hydrogens is 298 g/mol. The summed E-state index contributed by atoms with van der Waals surface area (Å²) in [5.41, 5.74) is 0.695. The number of ether oxygens (including phenoxy) is 1. The highest BCUT2D eigenvalue weighted by atomic mass is 79.9. The van der Waals surface area contributed by atoms with Crippen molar-refractivity contribution < 1.29 is 14.6 Å². The summed E-state index contributed by atoms with van der Waals surface area (Å²) in [4.78, 5) is 13.5. The molecule has 0 radical (unpaired) electrons. The number of likely N-dealkylation sites (N-methyl/N-ethyl adjacent to an activating group) is 1. The van der Waals surface area contributed by atoms with Crippen LogP contribution >= 0.6 is 15.9 Å². The maximum Gasteiger partial charge on any atom is 0.263 e. The molecule has 1 saturated heterocycles. The SMILES string of the molecule is C[C@H](O)c1ccc(Br)cc1OC1CCN(C)C1=O. The first-order chi connectivity index (χ1) is 8.49. The van der Waals surface area contributed by atoms with Crippen molar-refractivity contribution in [3.63, 3.8) is 0 Å². The van der Waals surface area contributed by atoms with Crippen LogP contribution in [0.15, 0.2) is 22.7 Å². The fraction of sp³-hybridized carbons (Fsp3) is 0.462. The predicted octanol–water partition coefficient (Wildman–Crippen LogP) is 2.11. The highest BCUT2D eigenvalue weighted by Crippen LogP contribution is 2.30. The zero-order chi connectivity index (χ0) is 13.3. The van der Waals surface area contributed by atoms with Crippen LogP contribution in [0, 0.1) is 0 Å². The minimum absolute atomic E-state index is 0.00785. The van der Waals surface area contributed by atoms with Gasteiger partial charge in [-0.2, -0.15) is 0 Å². The number of halogens is 1. The van der Waals surface area contributed by atoms with E-state index in [4.69, 9.17) is 4.74 Å². The molecule has 2 rings (SSSR count). The first kappa shape index (κ1) is 13.4. The minimum atomic E-state index is -0.623. The average Bonchev–Trinajstić information content (AvgIpc) is 2.61. The third-order valence-corrected chi connectivity index (χ3v) is 3.57. The molecule has 1 N–H and O–H groups in total. The summed E-state index contributed by atoms with van der Waals surface area (Å²) in [6.45, 7) is 2.39. The molecule has 1 aromatic carbocycles. The average molecular weight is 314 g/mol. The van der Waals surface area contributed by atoms with Crippen molar-refractivity contribution >= 4 is 21.8 Å². The Hall–Kier alpha value is -1.07. The Morgan fingerprint density at radius 2 is 2.28 bits per heavy atom. The quantitative estimate of drug-likeness (QED) is 0.930. The maximum atomic E-state index is 11.8. The number of amides is 1. The first-order valence-electron chi connectivity index (χ1n) is 5.88. The van der Waals surface area contributed by atoms with Crippen molar-refractivity contribution in [3.05, 3.63) is 28.2 Å². The van der Waals surface area contributed by atoms with Crippen molar-refractivity contribution in [2.45, 2.75) is 25.6 Å². The van der Waals surface area contributed by atoms with E-state index >= 15 is 0 Å². The predicted molar refractivity (Wildman–Crippen MR) is 71.4 cm³/mol. The monoisotopic (exact) mass is 313 g/mol. The maximum absolute atomic E-state index is 11.8. The van der Waals surface area contributed by atoms with Crippen LogP contribution in [0.3, 0.4) is 0 Å². The van der Waals surface area contributed by atoms with Crippen molar-refractivity contribution in [1.29, 1.82) is 0 Å². The van der Waals surface area contributed by atoms with E-state index in [1.165, 1.54) is 0 Å². The van der Waals surface area contributed by atoms with Gasteiger partial charge in [0, 0.05) is 30.0 Å². The lowest BCUT2D eigenvalue weighted by molar-refractivity contribution is -0.132. The van der Waals surface area contributed by atoms with E-state index in [1.807, 2.05) is 6.07 Å². The summed E-state index contributed by atoms with van der Waals surface area (Å²) in [5, 5.41) is 9.70. The van der Waals surface area contributed by atoms with Crippen LogP contribution in [-0.2, 0) is 4.79 Å². The molecule has 0 saturated carbocycles. The lowest BCUT2D eigenvalue weighted by atomic mass is 10.1. The second-order valence-corrected chi connectivity index (χ2v) is 5.43. The number of aliphatic hydroxyl groups is 1. The number of aliphatic hydroxyl groups excluding tert-OH is 1. The van der Waals surface area contributed by atoms with Crippen LogP contribution in [0.5, 0.6) is 5.75 Å². The number of carbonyl (C=O) groups excluding carboxylic acids is 1. The molecule has 1 aliphatic rings. The molecule has 18 heavy (non-hydrogen) atoms. The zero-order valence-electron chi connectivity index (χ0n) is 10.4. The van der Waals surface area contributed by atoms with Crippen LogP contribution < -0.4 is 4.74 Å². The molecule has 4 nitrogen and oxygen atoms in total. The smallest absolute Gasteiger partial charge is 0.263 e. The van der Waals surface area contributed by atoms with Gasteiger partial charge in [0.2, 0.25) is 0 Å². The molecule has 1 aromatic rings. The zero-order valence-corrected chi connectivity index (χ0v) is 12.0. The van der Waals surface area contributed by atoms with Crippen molar-refractivity contribution in [2.24, 2.45) is 0 Å². The molecule has 1 aliphatic heterocycles. The van der Waals surface area contributed by atoms with Crippen molar-refractivity contribution in [3.8, 4) is 5.75 Å². The van der Waals surface area contributed by atoms with Gasteiger partial charge in [-0.15, -0.1) is 0 Å². The third kappa shape index (κ3) is 2.67. The van der Waals surface area contributed by atoms with Crippen LogP contribution in [0.1, 0.15) is 25.0 Å². The first-order valence-corrected chi connectivity index (χ1v) is 6.67. The van der Waals surface area contributed by atoms with Crippen molar-refractivity contribution in [2.75, 3.05) is 13.6 Å². The lowest BCUT2D eigenvalue weighted by Crippen LogP contribution is -2.29. The molecule has 1 fully saturated rings. The van der Waals surface area contributed by atoms with Crippen LogP contribution in [0.25, 0.3) is 0 Å². The van der Waals surface area contributed by atoms with Gasteiger partial charge in [0.05, 0.1) is 6.10 Å². The van der Waals surface area contributed by atoms with Gasteiger partial charge in [0.15, 0.2) is 6.10 Å². The summed E-state index contributed by atoms with van der Waals surface area (Å²) in [7, 11) is 1.77. The van der Waals surface area contributed by atoms with Crippen molar-refractivity contribution in [1.82, 2.24) is 4.90 Å². The van der Waals surface area contributed by atoms with Crippen LogP contribution in [-0.4, -0.2) is 35.6 Å². The highest BCUT2D eigenvalue weighted by molar-refractivity contribution is 9.10. The van der Waals surface area contributed by atoms with Crippen LogP contribution in [0.4, 0.5) is 0 Å². The molecule has 0 aromatic heterocycles. The Balaban J connectivity index is 2.23. The Morgan fingerprint density at radius 3 is 2.83 bits per heavy atom. The second-order valence-electron chi connectivity index (χ2n) is 4.51. The molecule has 1 heterocycles. The van der Waals surface area contributed by atoms with Gasteiger partial charge in [-0.25, -0.2) is 0 Å². The standard InChI is InChI=1S/C13H16BrNO3/c1-8(16)10-4-3-9(14)7-12(10)18-11-5-6-15(2)13(11)17/h3-4,7-8,11,16H,5-6H2,1-2H3/t8-,11?/m0/s1. The Morgan fingerprint density at radius 1 is 1.56 bits per heavy atom. The molecule has 98 valence electrons. The fourth-order valence-corrected chi connectivity index (χ4v) is 2.35. The van der Waals surface area contributed by atoms with Gasteiger partial charge in [-0.3, -0.25) is 4.79 Å². The number of benzene rings is 1. The number of carbonyl (C=O) groups is 1. The van der Waals surface area contributed by atoms with E-state index in [0.717, 1.165) is 4.47 Å². The molecule has 0 aliphatic carbocycles. The number of hydrogen-bond acceptors (Lipinski definition) is 3. The van der Waals surface area contributed by atoms with E-state index < -0.39 is 12.2 Å². The Bertz CT molecular complexity index is 462. The minimum Gasteiger partial charge on any atom is -0.480 e. The number of rotatable bonds is 3. The summed E-state index contributed by atoms with van der Waals surface area (Å²) >= 11 is 3.36. The van der Waals surface area contributed by atoms with Gasteiger partial charge < -0.3 is 14.7 Å². The van der Waals surface area contributed by atoms with Gasteiger partial charge in [-0.05, 0) is 19.1 Å². The Kier molecular flexibility index (Phi) is 3.92. The molecular formula is C13H16BrNO3. The van der Waals surface area contributed by atoms with E-state index in [9.17, 15) is 9.90 Å². The summed E-state index contributed by atoms with van der Waals surface area (Å²) in [5.74, 6) is 0.555. The molecule has 2 atom stereocenters. The molecule has 1 unspecified atom stereocenters. The van der Waals surface area contributed by atoms with Gasteiger partial charge >= 0.3 is 0 Å². The van der Waals surface area contributed by atoms with E-state index in [-0.39, 0.29) is 5.91 Å². The normalized spacial score (nSPS) is 21.2. The number of nitrogens with zero attached hydrogens (tertiary/aromatic N) is 1. The molecule has 0 spiro atoms. The molecule has 1 amide bonds. The topological polar surface area (TPSA) is 49.8 Å². The van der Waals surface area contributed by atoms with Gasteiger partial charge in [0.1, 0.15) is 5.75 Å². The lowest BCUT2D eigenvalue weighted by Gasteiger charge is -2.17. The number of hydrogen-bond donors (Lipinski definition) is 1. The van der Waals surface area contributed by atoms with Crippen LogP contribution in [0.2, 0.25) is 0 Å².